The van der Waals surface area contributed by atoms with Crippen LogP contribution in [0.15, 0.2) is 0 Å². The molecule has 130 valence electrons. The SMILES string of the molecule is CC(C)C(C1C(C)CCC1C)C(C(C)C)C1C(C)CCC1C. The highest BCUT2D eigenvalue weighted by molar-refractivity contribution is 4.96. The van der Waals surface area contributed by atoms with Crippen molar-refractivity contribution in [2.24, 2.45) is 59.2 Å². The third kappa shape index (κ3) is 3.41. The molecule has 0 radical (unpaired) electrons. The first-order valence-electron chi connectivity index (χ1n) is 10.3. The number of hydrogen-bond donors (Lipinski definition) is 0. The van der Waals surface area contributed by atoms with Crippen LogP contribution in [0.1, 0.15) is 81.1 Å². The smallest absolute Gasteiger partial charge is 0.0324 e. The van der Waals surface area contributed by atoms with Gasteiger partial charge in [0.15, 0.2) is 0 Å². The topological polar surface area (TPSA) is 0 Å². The summed E-state index contributed by atoms with van der Waals surface area (Å²) in [6.07, 6.45) is 5.87. The van der Waals surface area contributed by atoms with E-state index >= 15 is 0 Å². The Hall–Kier alpha value is 0. The van der Waals surface area contributed by atoms with E-state index in [0.717, 1.165) is 59.2 Å². The minimum absolute atomic E-state index is 0.834. The van der Waals surface area contributed by atoms with Crippen molar-refractivity contribution >= 4 is 0 Å². The number of hydrogen-bond acceptors (Lipinski definition) is 0. The van der Waals surface area contributed by atoms with E-state index in [1.807, 2.05) is 0 Å². The van der Waals surface area contributed by atoms with E-state index in [0.29, 0.717) is 0 Å². The van der Waals surface area contributed by atoms with Gasteiger partial charge < -0.3 is 0 Å². The summed E-state index contributed by atoms with van der Waals surface area (Å²) in [5.74, 6) is 9.22. The highest BCUT2D eigenvalue weighted by Crippen LogP contribution is 2.54. The maximum Gasteiger partial charge on any atom is -0.0324 e. The van der Waals surface area contributed by atoms with Gasteiger partial charge in [0.2, 0.25) is 0 Å². The van der Waals surface area contributed by atoms with Crippen LogP contribution in [0, 0.1) is 59.2 Å². The van der Waals surface area contributed by atoms with Gasteiger partial charge in [0, 0.05) is 0 Å². The molecule has 2 aliphatic carbocycles. The van der Waals surface area contributed by atoms with Gasteiger partial charge in [0.1, 0.15) is 0 Å². The lowest BCUT2D eigenvalue weighted by molar-refractivity contribution is 0.0186. The van der Waals surface area contributed by atoms with E-state index in [1.165, 1.54) is 25.7 Å². The fourth-order valence-corrected chi connectivity index (χ4v) is 6.75. The zero-order valence-corrected chi connectivity index (χ0v) is 16.6. The molecule has 0 aromatic heterocycles. The highest BCUT2D eigenvalue weighted by atomic mass is 14.5. The van der Waals surface area contributed by atoms with Gasteiger partial charge in [-0.05, 0) is 59.2 Å². The van der Waals surface area contributed by atoms with Crippen molar-refractivity contribution in [2.45, 2.75) is 81.1 Å². The average Bonchev–Trinajstić information content (AvgIpc) is 2.91. The standard InChI is InChI=1S/C22H42/c1-13(2)19(21-15(5)9-10-16(21)6)20(14(3)4)22-17(7)11-12-18(22)8/h13-22H,9-12H2,1-8H3. The highest BCUT2D eigenvalue weighted by Gasteiger charge is 2.47. The molecule has 2 fully saturated rings. The zero-order valence-electron chi connectivity index (χ0n) is 16.6. The van der Waals surface area contributed by atoms with Gasteiger partial charge in [0.05, 0.1) is 0 Å². The molecule has 2 rings (SSSR count). The summed E-state index contributed by atoms with van der Waals surface area (Å²) < 4.78 is 0. The van der Waals surface area contributed by atoms with E-state index in [1.54, 1.807) is 0 Å². The third-order valence-electron chi connectivity index (χ3n) is 7.66. The molecule has 6 unspecified atom stereocenters. The molecule has 0 spiro atoms. The van der Waals surface area contributed by atoms with Gasteiger partial charge in [0.25, 0.3) is 0 Å². The van der Waals surface area contributed by atoms with Crippen molar-refractivity contribution in [1.29, 1.82) is 0 Å². The second kappa shape index (κ2) is 7.27. The molecule has 0 nitrogen and oxygen atoms in total. The van der Waals surface area contributed by atoms with Crippen molar-refractivity contribution in [1.82, 2.24) is 0 Å². The molecule has 2 saturated carbocycles. The van der Waals surface area contributed by atoms with Gasteiger partial charge in [-0.1, -0.05) is 81.1 Å². The molecule has 0 heteroatoms. The fraction of sp³-hybridized carbons (Fsp3) is 1.00. The Balaban J connectivity index is 2.34. The molecule has 0 amide bonds. The van der Waals surface area contributed by atoms with Gasteiger partial charge in [-0.25, -0.2) is 0 Å². The van der Waals surface area contributed by atoms with Crippen LogP contribution in [0.25, 0.3) is 0 Å². The average molecular weight is 307 g/mol. The predicted molar refractivity (Wildman–Crippen MR) is 98.8 cm³/mol. The maximum atomic E-state index is 2.54. The van der Waals surface area contributed by atoms with E-state index in [4.69, 9.17) is 0 Å². The van der Waals surface area contributed by atoms with Gasteiger partial charge >= 0.3 is 0 Å². The van der Waals surface area contributed by atoms with Crippen LogP contribution in [0.5, 0.6) is 0 Å². The zero-order chi connectivity index (χ0) is 16.6. The lowest BCUT2D eigenvalue weighted by Gasteiger charge is -2.46. The minimum Gasteiger partial charge on any atom is -0.0625 e. The molecule has 22 heavy (non-hydrogen) atoms. The first-order chi connectivity index (χ1) is 10.3. The second-order valence-corrected chi connectivity index (χ2v) is 9.86. The Labute approximate surface area is 140 Å². The first kappa shape index (κ1) is 18.3. The molecule has 0 aliphatic heterocycles. The molecule has 0 aromatic rings. The summed E-state index contributed by atoms with van der Waals surface area (Å²) in [6.45, 7) is 20.2. The van der Waals surface area contributed by atoms with Crippen molar-refractivity contribution in [2.75, 3.05) is 0 Å². The normalized spacial score (nSPS) is 42.3. The molecular weight excluding hydrogens is 264 g/mol. The Bertz CT molecular complexity index is 288. The van der Waals surface area contributed by atoms with Crippen LogP contribution < -0.4 is 0 Å². The molecule has 0 bridgehead atoms. The van der Waals surface area contributed by atoms with Crippen molar-refractivity contribution in [3.63, 3.8) is 0 Å². The van der Waals surface area contributed by atoms with Gasteiger partial charge in [-0.2, -0.15) is 0 Å². The van der Waals surface area contributed by atoms with Crippen LogP contribution in [0.2, 0.25) is 0 Å². The molecule has 0 aromatic carbocycles. The predicted octanol–water partition coefficient (Wildman–Crippen LogP) is 6.90. The van der Waals surface area contributed by atoms with Crippen molar-refractivity contribution < 1.29 is 0 Å². The summed E-state index contributed by atoms with van der Waals surface area (Å²) in [5, 5.41) is 0. The first-order valence-corrected chi connectivity index (χ1v) is 10.3. The Kier molecular flexibility index (Phi) is 6.06. The van der Waals surface area contributed by atoms with Crippen LogP contribution in [-0.4, -0.2) is 0 Å². The summed E-state index contributed by atoms with van der Waals surface area (Å²) in [4.78, 5) is 0. The van der Waals surface area contributed by atoms with Crippen molar-refractivity contribution in [3.8, 4) is 0 Å². The maximum absolute atomic E-state index is 2.54. The summed E-state index contributed by atoms with van der Waals surface area (Å²) >= 11 is 0. The quantitative estimate of drug-likeness (QED) is 0.518. The van der Waals surface area contributed by atoms with E-state index < -0.39 is 0 Å². The fourth-order valence-electron chi connectivity index (χ4n) is 6.75. The monoisotopic (exact) mass is 306 g/mol. The van der Waals surface area contributed by atoms with Crippen LogP contribution in [0.4, 0.5) is 0 Å². The van der Waals surface area contributed by atoms with Crippen LogP contribution in [-0.2, 0) is 0 Å². The third-order valence-corrected chi connectivity index (χ3v) is 7.66. The molecule has 2 aliphatic rings. The largest absolute Gasteiger partial charge is 0.0625 e. The molecular formula is C22H42. The summed E-state index contributed by atoms with van der Waals surface area (Å²) in [5.41, 5.74) is 0. The Morgan fingerprint density at radius 3 is 0.909 bits per heavy atom. The van der Waals surface area contributed by atoms with Crippen LogP contribution in [0.3, 0.4) is 0 Å². The summed E-state index contributed by atoms with van der Waals surface area (Å²) in [7, 11) is 0. The minimum atomic E-state index is 0.834. The Morgan fingerprint density at radius 1 is 0.500 bits per heavy atom. The lowest BCUT2D eigenvalue weighted by Crippen LogP contribution is -2.41. The van der Waals surface area contributed by atoms with E-state index in [2.05, 4.69) is 55.4 Å². The molecule has 0 saturated heterocycles. The molecule has 6 atom stereocenters. The molecule has 0 heterocycles. The second-order valence-electron chi connectivity index (χ2n) is 9.86. The summed E-state index contributed by atoms with van der Waals surface area (Å²) in [6, 6.07) is 0. The van der Waals surface area contributed by atoms with Crippen molar-refractivity contribution in [3.05, 3.63) is 0 Å². The van der Waals surface area contributed by atoms with Gasteiger partial charge in [-0.3, -0.25) is 0 Å². The van der Waals surface area contributed by atoms with Gasteiger partial charge in [-0.15, -0.1) is 0 Å². The molecule has 0 N–H and O–H groups in total. The Morgan fingerprint density at radius 2 is 0.727 bits per heavy atom. The van der Waals surface area contributed by atoms with E-state index in [9.17, 15) is 0 Å². The lowest BCUT2D eigenvalue weighted by atomic mass is 9.59. The number of rotatable bonds is 5. The van der Waals surface area contributed by atoms with E-state index in [-0.39, 0.29) is 0 Å². The van der Waals surface area contributed by atoms with Crippen LogP contribution >= 0.6 is 0 Å².